The van der Waals surface area contributed by atoms with Crippen molar-refractivity contribution in [3.05, 3.63) is 35.4 Å². The highest BCUT2D eigenvalue weighted by molar-refractivity contribution is 7.91. The second-order valence-electron chi connectivity index (χ2n) is 7.01. The maximum Gasteiger partial charge on any atom is 0.338 e. The third kappa shape index (κ3) is 4.84. The fourth-order valence-corrected chi connectivity index (χ4v) is 4.86. The van der Waals surface area contributed by atoms with Gasteiger partial charge >= 0.3 is 5.97 Å². The summed E-state index contributed by atoms with van der Waals surface area (Å²) in [5, 5.41) is 0. The molecule has 7 heteroatoms. The van der Waals surface area contributed by atoms with Crippen LogP contribution in [-0.4, -0.2) is 55.4 Å². The molecule has 0 N–H and O–H groups in total. The van der Waals surface area contributed by atoms with Crippen molar-refractivity contribution in [2.75, 3.05) is 18.1 Å². The van der Waals surface area contributed by atoms with E-state index >= 15 is 0 Å². The van der Waals surface area contributed by atoms with Crippen LogP contribution < -0.4 is 0 Å². The van der Waals surface area contributed by atoms with E-state index in [0.717, 1.165) is 5.56 Å². The van der Waals surface area contributed by atoms with E-state index in [4.69, 9.17) is 4.74 Å². The van der Waals surface area contributed by atoms with Gasteiger partial charge < -0.3 is 9.64 Å². The lowest BCUT2D eigenvalue weighted by Crippen LogP contribution is -2.46. The van der Waals surface area contributed by atoms with E-state index in [1.54, 1.807) is 19.1 Å². The van der Waals surface area contributed by atoms with E-state index < -0.39 is 21.9 Å². The Morgan fingerprint density at radius 3 is 2.27 bits per heavy atom. The zero-order valence-corrected chi connectivity index (χ0v) is 16.6. The number of esters is 1. The highest BCUT2D eigenvalue weighted by Gasteiger charge is 2.36. The Morgan fingerprint density at radius 1 is 1.19 bits per heavy atom. The van der Waals surface area contributed by atoms with Gasteiger partial charge in [0.15, 0.2) is 15.9 Å². The van der Waals surface area contributed by atoms with Gasteiger partial charge in [0.1, 0.15) is 0 Å². The van der Waals surface area contributed by atoms with E-state index in [1.807, 2.05) is 12.1 Å². The molecule has 0 spiro atoms. The summed E-state index contributed by atoms with van der Waals surface area (Å²) in [5.41, 5.74) is 1.51. The molecule has 144 valence electrons. The monoisotopic (exact) mass is 381 g/mol. The Morgan fingerprint density at radius 2 is 1.81 bits per heavy atom. The highest BCUT2D eigenvalue weighted by atomic mass is 32.2. The van der Waals surface area contributed by atoms with Crippen molar-refractivity contribution >= 4 is 21.7 Å². The van der Waals surface area contributed by atoms with Crippen molar-refractivity contribution in [1.29, 1.82) is 0 Å². The summed E-state index contributed by atoms with van der Waals surface area (Å²) >= 11 is 0. The van der Waals surface area contributed by atoms with Gasteiger partial charge in [-0.3, -0.25) is 4.79 Å². The van der Waals surface area contributed by atoms with Crippen molar-refractivity contribution in [2.24, 2.45) is 0 Å². The van der Waals surface area contributed by atoms with E-state index in [0.29, 0.717) is 24.4 Å². The first-order valence-electron chi connectivity index (χ1n) is 8.96. The lowest BCUT2D eigenvalue weighted by molar-refractivity contribution is -0.141. The first-order valence-corrected chi connectivity index (χ1v) is 10.8. The molecule has 6 nitrogen and oxygen atoms in total. The Bertz CT molecular complexity index is 755. The molecule has 0 radical (unpaired) electrons. The largest absolute Gasteiger partial charge is 0.449 e. The number of ether oxygens (including phenoxy) is 1. The van der Waals surface area contributed by atoms with E-state index in [-0.39, 0.29) is 23.5 Å². The molecule has 1 aromatic carbocycles. The SMILES string of the molecule is CCN(C(=O)C(C)OC(=O)c1ccc(C(C)C)cc1)C1CCS(=O)(=O)C1. The Balaban J connectivity index is 2.01. The fourth-order valence-electron chi connectivity index (χ4n) is 3.13. The highest BCUT2D eigenvalue weighted by Crippen LogP contribution is 2.20. The van der Waals surface area contributed by atoms with Crippen molar-refractivity contribution in [1.82, 2.24) is 4.90 Å². The summed E-state index contributed by atoms with van der Waals surface area (Å²) < 4.78 is 28.7. The van der Waals surface area contributed by atoms with E-state index in [9.17, 15) is 18.0 Å². The minimum absolute atomic E-state index is 0.0239. The number of likely N-dealkylation sites (N-methyl/N-ethyl adjacent to an activating group) is 1. The van der Waals surface area contributed by atoms with Crippen molar-refractivity contribution < 1.29 is 22.7 Å². The van der Waals surface area contributed by atoms with Crippen molar-refractivity contribution in [2.45, 2.75) is 52.2 Å². The van der Waals surface area contributed by atoms with Crippen LogP contribution in [-0.2, 0) is 19.4 Å². The molecule has 0 aliphatic carbocycles. The summed E-state index contributed by atoms with van der Waals surface area (Å²) in [6.45, 7) is 7.83. The molecule has 1 aliphatic rings. The first kappa shape index (κ1) is 20.4. The number of sulfone groups is 1. The maximum absolute atomic E-state index is 12.6. The van der Waals surface area contributed by atoms with Crippen molar-refractivity contribution in [3.8, 4) is 0 Å². The molecule has 0 bridgehead atoms. The van der Waals surface area contributed by atoms with Gasteiger partial charge in [-0.15, -0.1) is 0 Å². The normalized spacial score (nSPS) is 20.0. The van der Waals surface area contributed by atoms with Crippen molar-refractivity contribution in [3.63, 3.8) is 0 Å². The van der Waals surface area contributed by atoms with Gasteiger partial charge in [0.05, 0.1) is 17.1 Å². The molecule has 26 heavy (non-hydrogen) atoms. The zero-order valence-electron chi connectivity index (χ0n) is 15.8. The fraction of sp³-hybridized carbons (Fsp3) is 0.579. The number of rotatable bonds is 6. The molecule has 1 aliphatic heterocycles. The number of hydrogen-bond donors (Lipinski definition) is 0. The number of amides is 1. The zero-order chi connectivity index (χ0) is 19.5. The number of benzene rings is 1. The van der Waals surface area contributed by atoms with Crippen LogP contribution in [0, 0.1) is 0 Å². The number of hydrogen-bond acceptors (Lipinski definition) is 5. The van der Waals surface area contributed by atoms with Gasteiger partial charge in [-0.2, -0.15) is 0 Å². The third-order valence-electron chi connectivity index (χ3n) is 4.72. The second-order valence-corrected chi connectivity index (χ2v) is 9.23. The lowest BCUT2D eigenvalue weighted by Gasteiger charge is -2.29. The molecule has 1 amide bonds. The van der Waals surface area contributed by atoms with Gasteiger partial charge in [-0.1, -0.05) is 26.0 Å². The second kappa shape index (κ2) is 8.20. The van der Waals surface area contributed by atoms with Crippen LogP contribution in [0.5, 0.6) is 0 Å². The van der Waals surface area contributed by atoms with Crippen LogP contribution in [0.15, 0.2) is 24.3 Å². The summed E-state index contributed by atoms with van der Waals surface area (Å²) in [6, 6.07) is 6.78. The van der Waals surface area contributed by atoms with Gasteiger partial charge in [0, 0.05) is 12.6 Å². The maximum atomic E-state index is 12.6. The van der Waals surface area contributed by atoms with E-state index in [1.165, 1.54) is 11.8 Å². The minimum atomic E-state index is -3.09. The Hall–Kier alpha value is -1.89. The summed E-state index contributed by atoms with van der Waals surface area (Å²) in [4.78, 5) is 26.4. The standard InChI is InChI=1S/C19H27NO5S/c1-5-20(17-10-11-26(23,24)12-17)18(21)14(4)25-19(22)16-8-6-15(7-9-16)13(2)3/h6-9,13-14,17H,5,10-12H2,1-4H3. The topological polar surface area (TPSA) is 80.8 Å². The lowest BCUT2D eigenvalue weighted by atomic mass is 10.0. The minimum Gasteiger partial charge on any atom is -0.449 e. The molecular weight excluding hydrogens is 354 g/mol. The van der Waals surface area contributed by atoms with Crippen LogP contribution in [0.4, 0.5) is 0 Å². The molecule has 2 unspecified atom stereocenters. The molecule has 1 fully saturated rings. The Kier molecular flexibility index (Phi) is 6.44. The molecule has 1 heterocycles. The van der Waals surface area contributed by atoms with E-state index in [2.05, 4.69) is 13.8 Å². The third-order valence-corrected chi connectivity index (χ3v) is 6.47. The molecule has 0 aromatic heterocycles. The average molecular weight is 381 g/mol. The average Bonchev–Trinajstić information content (AvgIpc) is 2.95. The molecule has 1 aromatic rings. The summed E-state index contributed by atoms with van der Waals surface area (Å²) in [5.74, 6) is -0.485. The summed E-state index contributed by atoms with van der Waals surface area (Å²) in [7, 11) is -3.09. The number of nitrogens with zero attached hydrogens (tertiary/aromatic N) is 1. The van der Waals surface area contributed by atoms with Crippen LogP contribution in [0.1, 0.15) is 56.0 Å². The van der Waals surface area contributed by atoms with Gasteiger partial charge in [-0.25, -0.2) is 13.2 Å². The number of carbonyl (C=O) groups is 2. The van der Waals surface area contributed by atoms with Crippen LogP contribution >= 0.6 is 0 Å². The summed E-state index contributed by atoms with van der Waals surface area (Å²) in [6.07, 6.45) is -0.533. The van der Waals surface area contributed by atoms with Crippen LogP contribution in [0.2, 0.25) is 0 Å². The number of carbonyl (C=O) groups excluding carboxylic acids is 2. The first-order chi connectivity index (χ1) is 12.1. The molecular formula is C19H27NO5S. The smallest absolute Gasteiger partial charge is 0.338 e. The predicted octanol–water partition coefficient (Wildman–Crippen LogP) is 2.39. The molecule has 0 saturated carbocycles. The van der Waals surface area contributed by atoms with Gasteiger partial charge in [0.25, 0.3) is 5.91 Å². The van der Waals surface area contributed by atoms with Crippen LogP contribution in [0.25, 0.3) is 0 Å². The Labute approximate surface area is 155 Å². The van der Waals surface area contributed by atoms with Crippen LogP contribution in [0.3, 0.4) is 0 Å². The van der Waals surface area contributed by atoms with Gasteiger partial charge in [0.2, 0.25) is 0 Å². The molecule has 2 atom stereocenters. The molecule has 2 rings (SSSR count). The predicted molar refractivity (Wildman–Crippen MR) is 99.9 cm³/mol. The van der Waals surface area contributed by atoms with Gasteiger partial charge in [-0.05, 0) is 43.9 Å². The molecule has 1 saturated heterocycles. The quantitative estimate of drug-likeness (QED) is 0.707.